The predicted molar refractivity (Wildman–Crippen MR) is 173 cm³/mol. The largest absolute Gasteiger partial charge is 0.496 e. The smallest absolute Gasteiger partial charge is 0.265 e. The lowest BCUT2D eigenvalue weighted by atomic mass is 9.95. The highest BCUT2D eigenvalue weighted by Gasteiger charge is 2.31. The first kappa shape index (κ1) is 31.3. The predicted octanol–water partition coefficient (Wildman–Crippen LogP) is 5.88. The van der Waals surface area contributed by atoms with Gasteiger partial charge in [0.1, 0.15) is 5.75 Å². The molecule has 0 radical (unpaired) electrons. The average molecular weight is 616 g/mol. The number of nitrogens with zero attached hydrogens (tertiary/aromatic N) is 2. The third-order valence-corrected chi connectivity index (χ3v) is 9.91. The number of amides is 2. The Hall–Kier alpha value is -4.11. The van der Waals surface area contributed by atoms with Crippen LogP contribution >= 0.6 is 0 Å². The number of carbonyl (C=O) groups is 2. The van der Waals surface area contributed by atoms with Gasteiger partial charge in [0.05, 0.1) is 12.0 Å². The average Bonchev–Trinajstić information content (AvgIpc) is 3.52. The SMILES string of the molecule is CCCN1CCC(Cc2ccc3c(c2)c(Cc2ccc(C(=O)NS(=O)(=O)c4ccccc4C)cc2OC)cn3CCC)C1=O. The van der Waals surface area contributed by atoms with E-state index >= 15 is 0 Å². The van der Waals surface area contributed by atoms with Gasteiger partial charge in [-0.05, 0) is 85.2 Å². The Morgan fingerprint density at radius 3 is 2.50 bits per heavy atom. The maximum atomic E-state index is 13.0. The summed E-state index contributed by atoms with van der Waals surface area (Å²) in [5, 5.41) is 1.14. The molecule has 1 aromatic heterocycles. The van der Waals surface area contributed by atoms with E-state index in [1.54, 1.807) is 44.4 Å². The number of hydrogen-bond donors (Lipinski definition) is 1. The highest BCUT2D eigenvalue weighted by molar-refractivity contribution is 7.90. The van der Waals surface area contributed by atoms with Gasteiger partial charge in [-0.2, -0.15) is 0 Å². The molecule has 1 aliphatic rings. The zero-order valence-corrected chi connectivity index (χ0v) is 26.7. The van der Waals surface area contributed by atoms with Crippen LogP contribution in [-0.2, 0) is 34.2 Å². The molecule has 232 valence electrons. The first-order valence-electron chi connectivity index (χ1n) is 15.3. The number of benzene rings is 3. The highest BCUT2D eigenvalue weighted by atomic mass is 32.2. The fourth-order valence-corrected chi connectivity index (χ4v) is 7.43. The molecular weight excluding hydrogens is 574 g/mol. The van der Waals surface area contributed by atoms with Gasteiger partial charge in [0.25, 0.3) is 15.9 Å². The molecule has 0 saturated carbocycles. The third kappa shape index (κ3) is 6.53. The van der Waals surface area contributed by atoms with Crippen molar-refractivity contribution in [2.24, 2.45) is 5.92 Å². The van der Waals surface area contributed by atoms with Crippen molar-refractivity contribution in [3.05, 3.63) is 94.7 Å². The number of carbonyl (C=O) groups excluding carboxylic acids is 2. The Morgan fingerprint density at radius 2 is 1.77 bits per heavy atom. The Bertz CT molecular complexity index is 1790. The Kier molecular flexibility index (Phi) is 9.44. The van der Waals surface area contributed by atoms with Crippen molar-refractivity contribution in [3.8, 4) is 5.75 Å². The number of aromatic nitrogens is 1. The van der Waals surface area contributed by atoms with Crippen molar-refractivity contribution in [1.29, 1.82) is 0 Å². The van der Waals surface area contributed by atoms with E-state index in [1.807, 2.05) is 11.0 Å². The van der Waals surface area contributed by atoms with E-state index in [9.17, 15) is 18.0 Å². The van der Waals surface area contributed by atoms with E-state index in [1.165, 1.54) is 6.07 Å². The second kappa shape index (κ2) is 13.3. The lowest BCUT2D eigenvalue weighted by Crippen LogP contribution is -2.31. The molecule has 2 heterocycles. The number of fused-ring (bicyclic) bond motifs is 1. The van der Waals surface area contributed by atoms with Crippen molar-refractivity contribution in [2.45, 2.75) is 64.3 Å². The van der Waals surface area contributed by atoms with Crippen molar-refractivity contribution in [2.75, 3.05) is 20.2 Å². The van der Waals surface area contributed by atoms with Gasteiger partial charge in [0.2, 0.25) is 5.91 Å². The molecule has 1 aliphatic heterocycles. The van der Waals surface area contributed by atoms with Crippen LogP contribution in [0.1, 0.15) is 65.7 Å². The Balaban J connectivity index is 1.40. The minimum Gasteiger partial charge on any atom is -0.496 e. The van der Waals surface area contributed by atoms with Gasteiger partial charge in [-0.15, -0.1) is 0 Å². The molecule has 3 aromatic carbocycles. The first-order chi connectivity index (χ1) is 21.1. The van der Waals surface area contributed by atoms with Crippen LogP contribution in [0.2, 0.25) is 0 Å². The molecule has 4 aromatic rings. The molecule has 1 unspecified atom stereocenters. The lowest BCUT2D eigenvalue weighted by Gasteiger charge is -2.15. The van der Waals surface area contributed by atoms with Crippen LogP contribution in [0.3, 0.4) is 0 Å². The van der Waals surface area contributed by atoms with E-state index in [4.69, 9.17) is 4.74 Å². The molecule has 5 rings (SSSR count). The summed E-state index contributed by atoms with van der Waals surface area (Å²) in [4.78, 5) is 28.0. The van der Waals surface area contributed by atoms with E-state index in [0.29, 0.717) is 17.7 Å². The number of rotatable bonds is 12. The molecule has 1 N–H and O–H groups in total. The molecule has 2 amide bonds. The monoisotopic (exact) mass is 615 g/mol. The highest BCUT2D eigenvalue weighted by Crippen LogP contribution is 2.31. The normalized spacial score (nSPS) is 15.2. The molecule has 44 heavy (non-hydrogen) atoms. The van der Waals surface area contributed by atoms with Crippen LogP contribution in [0.5, 0.6) is 5.75 Å². The van der Waals surface area contributed by atoms with Crippen LogP contribution in [0, 0.1) is 12.8 Å². The number of nitrogens with one attached hydrogen (secondary N) is 1. The van der Waals surface area contributed by atoms with Crippen LogP contribution in [-0.4, -0.2) is 49.9 Å². The fraction of sp³-hybridized carbons (Fsp3) is 0.371. The zero-order valence-electron chi connectivity index (χ0n) is 25.9. The van der Waals surface area contributed by atoms with Crippen molar-refractivity contribution in [3.63, 3.8) is 0 Å². The summed E-state index contributed by atoms with van der Waals surface area (Å²) in [5.74, 6) is 0.0668. The van der Waals surface area contributed by atoms with E-state index < -0.39 is 15.9 Å². The van der Waals surface area contributed by atoms with Crippen LogP contribution in [0.25, 0.3) is 10.9 Å². The van der Waals surface area contributed by atoms with Crippen LogP contribution in [0.4, 0.5) is 0 Å². The maximum Gasteiger partial charge on any atom is 0.265 e. The molecule has 1 fully saturated rings. The summed E-state index contributed by atoms with van der Waals surface area (Å²) >= 11 is 0. The van der Waals surface area contributed by atoms with Crippen molar-refractivity contribution in [1.82, 2.24) is 14.2 Å². The summed E-state index contributed by atoms with van der Waals surface area (Å²) in [6.45, 7) is 8.49. The summed E-state index contributed by atoms with van der Waals surface area (Å²) in [6, 6.07) is 18.1. The third-order valence-electron chi connectivity index (χ3n) is 8.42. The Labute approximate surface area is 260 Å². The summed E-state index contributed by atoms with van der Waals surface area (Å²) in [5.41, 5.74) is 5.05. The minimum atomic E-state index is -4.03. The number of ether oxygens (including phenoxy) is 1. The Morgan fingerprint density at radius 1 is 1.00 bits per heavy atom. The number of likely N-dealkylation sites (tertiary alicyclic amines) is 1. The van der Waals surface area contributed by atoms with E-state index in [2.05, 4.69) is 47.5 Å². The molecule has 0 spiro atoms. The van der Waals surface area contributed by atoms with E-state index in [-0.39, 0.29) is 22.3 Å². The summed E-state index contributed by atoms with van der Waals surface area (Å²) in [7, 11) is -2.49. The second-order valence-corrected chi connectivity index (χ2v) is 13.3. The van der Waals surface area contributed by atoms with Crippen molar-refractivity contribution >= 4 is 32.7 Å². The summed E-state index contributed by atoms with van der Waals surface area (Å²) < 4.78 is 35.9. The van der Waals surface area contributed by atoms with Crippen LogP contribution in [0.15, 0.2) is 71.8 Å². The lowest BCUT2D eigenvalue weighted by molar-refractivity contribution is -0.130. The first-order valence-corrected chi connectivity index (χ1v) is 16.8. The maximum absolute atomic E-state index is 13.0. The molecule has 0 aliphatic carbocycles. The van der Waals surface area contributed by atoms with Crippen molar-refractivity contribution < 1.29 is 22.7 Å². The van der Waals surface area contributed by atoms with Gasteiger partial charge < -0.3 is 14.2 Å². The molecule has 0 bridgehead atoms. The van der Waals surface area contributed by atoms with Gasteiger partial charge in [0, 0.05) is 54.6 Å². The number of methoxy groups -OCH3 is 1. The standard InChI is InChI=1S/C35H41N3O5S/c1-5-16-37-18-15-28(35(37)40)19-25-11-14-31-30(20-25)29(23-38(31)17-6-2)21-26-12-13-27(22-32(26)43-4)34(39)36-44(41,42)33-10-8-7-9-24(33)3/h7-14,20,22-23,28H,5-6,15-19,21H2,1-4H3,(H,36,39). The van der Waals surface area contributed by atoms with Gasteiger partial charge in [0.15, 0.2) is 0 Å². The van der Waals surface area contributed by atoms with E-state index in [0.717, 1.165) is 72.9 Å². The molecule has 1 saturated heterocycles. The van der Waals surface area contributed by atoms with Crippen LogP contribution < -0.4 is 9.46 Å². The number of sulfonamides is 1. The van der Waals surface area contributed by atoms with Gasteiger partial charge in [-0.25, -0.2) is 13.1 Å². The minimum absolute atomic E-state index is 0.0218. The van der Waals surface area contributed by atoms with Gasteiger partial charge >= 0.3 is 0 Å². The fourth-order valence-electron chi connectivity index (χ4n) is 6.21. The molecule has 8 nitrogen and oxygen atoms in total. The molecule has 9 heteroatoms. The zero-order chi connectivity index (χ0) is 31.4. The number of aryl methyl sites for hydroxylation is 2. The van der Waals surface area contributed by atoms with Gasteiger partial charge in [-0.1, -0.05) is 44.2 Å². The number of hydrogen-bond acceptors (Lipinski definition) is 5. The second-order valence-electron chi connectivity index (χ2n) is 11.6. The summed E-state index contributed by atoms with van der Waals surface area (Å²) in [6.07, 6.45) is 6.33. The topological polar surface area (TPSA) is 97.7 Å². The molecule has 1 atom stereocenters. The molecular formula is C35H41N3O5S. The quantitative estimate of drug-likeness (QED) is 0.215. The van der Waals surface area contributed by atoms with Gasteiger partial charge in [-0.3, -0.25) is 9.59 Å².